The Balaban J connectivity index is 2.56. The van der Waals surface area contributed by atoms with Gasteiger partial charge in [0.2, 0.25) is 0 Å². The fourth-order valence-corrected chi connectivity index (χ4v) is 2.59. The minimum Gasteiger partial charge on any atom is -0.329 e. The molecule has 0 radical (unpaired) electrons. The highest BCUT2D eigenvalue weighted by Crippen LogP contribution is 2.26. The van der Waals surface area contributed by atoms with Crippen molar-refractivity contribution in [3.05, 3.63) is 20.8 Å². The van der Waals surface area contributed by atoms with E-state index in [1.807, 2.05) is 13.0 Å². The first-order chi connectivity index (χ1) is 6.77. The highest BCUT2D eigenvalue weighted by atomic mass is 79.9. The Morgan fingerprint density at radius 2 is 2.43 bits per heavy atom. The first kappa shape index (κ1) is 11.7. The Bertz CT molecular complexity index is 337. The first-order valence-electron chi connectivity index (χ1n) is 4.36. The van der Waals surface area contributed by atoms with E-state index in [-0.39, 0.29) is 6.04 Å². The average Bonchev–Trinajstić information content (AvgIpc) is 2.60. The monoisotopic (exact) mass is 272 g/mol. The second-order valence-corrected chi connectivity index (χ2v) is 5.23. The largest absolute Gasteiger partial charge is 0.329 e. The molecule has 3 N–H and O–H groups in total. The fraction of sp³-hybridized carbons (Fsp3) is 0.400. The molecule has 0 aliphatic rings. The minimum atomic E-state index is 0.215. The van der Waals surface area contributed by atoms with Crippen LogP contribution < -0.4 is 11.1 Å². The average molecular weight is 273 g/mol. The molecule has 1 rings (SSSR count). The van der Waals surface area contributed by atoms with Crippen LogP contribution in [0.15, 0.2) is 15.9 Å². The van der Waals surface area contributed by atoms with E-state index in [1.165, 1.54) is 4.88 Å². The quantitative estimate of drug-likeness (QED) is 0.825. The molecule has 0 saturated heterocycles. The van der Waals surface area contributed by atoms with Crippen LogP contribution in [0.5, 0.6) is 0 Å². The summed E-state index contributed by atoms with van der Waals surface area (Å²) in [6.45, 7) is 3.12. The van der Waals surface area contributed by atoms with Crippen LogP contribution >= 0.6 is 27.3 Å². The predicted octanol–water partition coefficient (Wildman–Crippen LogP) is 2.12. The van der Waals surface area contributed by atoms with Crippen LogP contribution in [0, 0.1) is 11.8 Å². The van der Waals surface area contributed by atoms with Crippen molar-refractivity contribution in [2.75, 3.05) is 13.1 Å². The number of rotatable bonds is 4. The van der Waals surface area contributed by atoms with Crippen molar-refractivity contribution in [2.24, 2.45) is 5.73 Å². The van der Waals surface area contributed by atoms with E-state index in [2.05, 4.69) is 39.2 Å². The van der Waals surface area contributed by atoms with Gasteiger partial charge in [0, 0.05) is 11.4 Å². The van der Waals surface area contributed by atoms with Gasteiger partial charge in [0.15, 0.2) is 0 Å². The molecule has 0 aliphatic heterocycles. The molecule has 1 unspecified atom stereocenters. The molecule has 0 bridgehead atoms. The molecule has 2 nitrogen and oxygen atoms in total. The van der Waals surface area contributed by atoms with Gasteiger partial charge in [-0.1, -0.05) is 5.92 Å². The fourth-order valence-electron chi connectivity index (χ4n) is 1.08. The lowest BCUT2D eigenvalue weighted by molar-refractivity contribution is 0.591. The van der Waals surface area contributed by atoms with Crippen molar-refractivity contribution in [1.82, 2.24) is 5.32 Å². The summed E-state index contributed by atoms with van der Waals surface area (Å²) in [6, 6.07) is 4.33. The Labute approximate surface area is 97.0 Å². The summed E-state index contributed by atoms with van der Waals surface area (Å²) in [4.78, 5) is 1.25. The molecule has 1 aromatic heterocycles. The van der Waals surface area contributed by atoms with Crippen molar-refractivity contribution >= 4 is 27.3 Å². The van der Waals surface area contributed by atoms with Crippen LogP contribution in [-0.2, 0) is 0 Å². The Hall–Kier alpha value is -0.340. The van der Waals surface area contributed by atoms with Crippen molar-refractivity contribution < 1.29 is 0 Å². The predicted molar refractivity (Wildman–Crippen MR) is 65.3 cm³/mol. The van der Waals surface area contributed by atoms with Gasteiger partial charge in [-0.15, -0.1) is 17.3 Å². The third kappa shape index (κ3) is 3.43. The summed E-state index contributed by atoms with van der Waals surface area (Å²) < 4.78 is 1.13. The number of nitrogens with two attached hydrogens (primary N) is 1. The maximum Gasteiger partial charge on any atom is 0.0702 e. The zero-order chi connectivity index (χ0) is 10.4. The molecule has 4 heteroatoms. The summed E-state index contributed by atoms with van der Waals surface area (Å²) in [5.74, 6) is 5.81. The smallest absolute Gasteiger partial charge is 0.0702 e. The van der Waals surface area contributed by atoms with Gasteiger partial charge in [0.25, 0.3) is 0 Å². The summed E-state index contributed by atoms with van der Waals surface area (Å²) >= 11 is 5.14. The molecule has 0 aromatic carbocycles. The molecular formula is C10H13BrN2S. The van der Waals surface area contributed by atoms with Crippen LogP contribution in [0.2, 0.25) is 0 Å². The van der Waals surface area contributed by atoms with Crippen LogP contribution in [0.25, 0.3) is 0 Å². The molecule has 0 saturated carbocycles. The number of halogens is 1. The topological polar surface area (TPSA) is 38.0 Å². The molecular weight excluding hydrogens is 260 g/mol. The number of hydrogen-bond donors (Lipinski definition) is 2. The molecule has 14 heavy (non-hydrogen) atoms. The minimum absolute atomic E-state index is 0.215. The molecule has 1 atom stereocenters. The van der Waals surface area contributed by atoms with Gasteiger partial charge in [-0.2, -0.15) is 0 Å². The lowest BCUT2D eigenvalue weighted by Gasteiger charge is -2.12. The summed E-state index contributed by atoms with van der Waals surface area (Å²) in [5.41, 5.74) is 5.68. The van der Waals surface area contributed by atoms with E-state index in [9.17, 15) is 0 Å². The Kier molecular flexibility index (Phi) is 5.20. The van der Waals surface area contributed by atoms with Gasteiger partial charge in [0.05, 0.1) is 16.4 Å². The third-order valence-electron chi connectivity index (χ3n) is 1.79. The van der Waals surface area contributed by atoms with Crippen molar-refractivity contribution in [1.29, 1.82) is 0 Å². The standard InChI is InChI=1S/C10H13BrN2S/c1-2-3-6-13-8(7-12)9-4-5-10(11)14-9/h4-5,8,13H,6-7,12H2,1H3. The van der Waals surface area contributed by atoms with Crippen LogP contribution in [-0.4, -0.2) is 13.1 Å². The lowest BCUT2D eigenvalue weighted by atomic mass is 10.2. The van der Waals surface area contributed by atoms with Gasteiger partial charge in [-0.3, -0.25) is 5.32 Å². The van der Waals surface area contributed by atoms with Crippen molar-refractivity contribution in [3.63, 3.8) is 0 Å². The molecule has 0 amide bonds. The SMILES string of the molecule is CC#CCNC(CN)c1ccc(Br)s1. The normalized spacial score (nSPS) is 11.9. The van der Waals surface area contributed by atoms with Crippen LogP contribution in [0.1, 0.15) is 17.8 Å². The Morgan fingerprint density at radius 3 is 2.93 bits per heavy atom. The van der Waals surface area contributed by atoms with E-state index in [4.69, 9.17) is 5.73 Å². The van der Waals surface area contributed by atoms with Crippen molar-refractivity contribution in [3.8, 4) is 11.8 Å². The molecule has 76 valence electrons. The van der Waals surface area contributed by atoms with Gasteiger partial charge in [-0.05, 0) is 35.0 Å². The number of thiophene rings is 1. The van der Waals surface area contributed by atoms with E-state index in [0.29, 0.717) is 13.1 Å². The van der Waals surface area contributed by atoms with Crippen LogP contribution in [0.4, 0.5) is 0 Å². The van der Waals surface area contributed by atoms with Gasteiger partial charge >= 0.3 is 0 Å². The van der Waals surface area contributed by atoms with E-state index < -0.39 is 0 Å². The van der Waals surface area contributed by atoms with E-state index in [1.54, 1.807) is 11.3 Å². The molecule has 0 aliphatic carbocycles. The first-order valence-corrected chi connectivity index (χ1v) is 5.97. The number of nitrogens with one attached hydrogen (secondary N) is 1. The summed E-state index contributed by atoms with van der Waals surface area (Å²) in [5, 5.41) is 3.29. The summed E-state index contributed by atoms with van der Waals surface area (Å²) in [6.07, 6.45) is 0. The highest BCUT2D eigenvalue weighted by molar-refractivity contribution is 9.11. The van der Waals surface area contributed by atoms with Gasteiger partial charge < -0.3 is 5.73 Å². The maximum absolute atomic E-state index is 5.68. The Morgan fingerprint density at radius 1 is 1.64 bits per heavy atom. The highest BCUT2D eigenvalue weighted by Gasteiger charge is 2.09. The molecule has 0 spiro atoms. The maximum atomic E-state index is 5.68. The van der Waals surface area contributed by atoms with Crippen LogP contribution in [0.3, 0.4) is 0 Å². The molecule has 1 heterocycles. The van der Waals surface area contributed by atoms with E-state index >= 15 is 0 Å². The van der Waals surface area contributed by atoms with Gasteiger partial charge in [-0.25, -0.2) is 0 Å². The third-order valence-corrected chi connectivity index (χ3v) is 3.52. The van der Waals surface area contributed by atoms with Crippen molar-refractivity contribution in [2.45, 2.75) is 13.0 Å². The second-order valence-electron chi connectivity index (χ2n) is 2.74. The summed E-state index contributed by atoms with van der Waals surface area (Å²) in [7, 11) is 0. The van der Waals surface area contributed by atoms with E-state index in [0.717, 1.165) is 3.79 Å². The molecule has 1 aromatic rings. The molecule has 0 fully saturated rings. The zero-order valence-electron chi connectivity index (χ0n) is 8.01. The zero-order valence-corrected chi connectivity index (χ0v) is 10.4. The number of hydrogen-bond acceptors (Lipinski definition) is 3. The second kappa shape index (κ2) is 6.20. The lowest BCUT2D eigenvalue weighted by Crippen LogP contribution is -2.27. The van der Waals surface area contributed by atoms with Gasteiger partial charge in [0.1, 0.15) is 0 Å².